The summed E-state index contributed by atoms with van der Waals surface area (Å²) in [5.74, 6) is 1.32. The van der Waals surface area contributed by atoms with Gasteiger partial charge in [0, 0.05) is 19.1 Å². The second-order valence-corrected chi connectivity index (χ2v) is 7.84. The molecule has 2 rings (SSSR count). The van der Waals surface area contributed by atoms with Gasteiger partial charge in [0.15, 0.2) is 0 Å². The topological polar surface area (TPSA) is 3.24 Å². The minimum absolute atomic E-state index is 0.462. The van der Waals surface area contributed by atoms with Gasteiger partial charge in [-0.1, -0.05) is 107 Å². The maximum absolute atomic E-state index is 2.63. The van der Waals surface area contributed by atoms with Gasteiger partial charge in [-0.25, -0.2) is 0 Å². The third-order valence-electron chi connectivity index (χ3n) is 4.94. The average Bonchev–Trinajstić information content (AvgIpc) is 2.65. The van der Waals surface area contributed by atoms with Crippen molar-refractivity contribution in [3.63, 3.8) is 0 Å². The minimum atomic E-state index is 0.462. The minimum Gasteiger partial charge on any atom is -0.288 e. The Morgan fingerprint density at radius 1 is 0.769 bits per heavy atom. The highest BCUT2D eigenvalue weighted by molar-refractivity contribution is 5.18. The van der Waals surface area contributed by atoms with Gasteiger partial charge in [-0.3, -0.25) is 4.90 Å². The number of rotatable bonds is 10. The van der Waals surface area contributed by atoms with Crippen LogP contribution in [-0.2, 0) is 13.1 Å². The second kappa shape index (κ2) is 11.0. The first-order chi connectivity index (χ1) is 12.6. The van der Waals surface area contributed by atoms with Crippen LogP contribution in [0, 0.1) is 11.8 Å². The molecule has 26 heavy (non-hydrogen) atoms. The number of allylic oxidation sites excluding steroid dienone is 1. The molecule has 0 N–H and O–H groups in total. The molecule has 1 unspecified atom stereocenters. The molecule has 1 heteroatoms. The van der Waals surface area contributed by atoms with Crippen LogP contribution in [0.4, 0.5) is 0 Å². The molecule has 1 nitrogen and oxygen atoms in total. The zero-order valence-electron chi connectivity index (χ0n) is 16.9. The van der Waals surface area contributed by atoms with Crippen LogP contribution in [-0.4, -0.2) is 10.9 Å². The predicted octanol–water partition coefficient (Wildman–Crippen LogP) is 6.71. The van der Waals surface area contributed by atoms with Crippen LogP contribution in [0.5, 0.6) is 0 Å². The smallest absolute Gasteiger partial charge is 0.0287 e. The summed E-state index contributed by atoms with van der Waals surface area (Å²) >= 11 is 0. The Kier molecular flexibility index (Phi) is 8.64. The molecule has 0 saturated carbocycles. The van der Waals surface area contributed by atoms with Crippen LogP contribution >= 0.6 is 0 Å². The van der Waals surface area contributed by atoms with Crippen molar-refractivity contribution < 1.29 is 0 Å². The first kappa shape index (κ1) is 20.5. The molecule has 0 saturated heterocycles. The van der Waals surface area contributed by atoms with Crippen LogP contribution < -0.4 is 0 Å². The highest BCUT2D eigenvalue weighted by Crippen LogP contribution is 2.20. The molecule has 0 spiro atoms. The van der Waals surface area contributed by atoms with Gasteiger partial charge in [0.1, 0.15) is 0 Å². The summed E-state index contributed by atoms with van der Waals surface area (Å²) in [6.07, 6.45) is 7.25. The fourth-order valence-corrected chi connectivity index (χ4v) is 3.21. The summed E-state index contributed by atoms with van der Waals surface area (Å²) in [6.45, 7) is 11.2. The van der Waals surface area contributed by atoms with E-state index in [4.69, 9.17) is 0 Å². The van der Waals surface area contributed by atoms with Gasteiger partial charge in [-0.05, 0) is 29.4 Å². The van der Waals surface area contributed by atoms with Gasteiger partial charge in [-0.15, -0.1) is 0 Å². The number of hydrogen-bond acceptors (Lipinski definition) is 1. The third-order valence-corrected chi connectivity index (χ3v) is 4.94. The van der Waals surface area contributed by atoms with Crippen molar-refractivity contribution in [2.45, 2.75) is 59.7 Å². The Morgan fingerprint density at radius 3 is 1.69 bits per heavy atom. The summed E-state index contributed by atoms with van der Waals surface area (Å²) in [6, 6.07) is 22.2. The average molecular weight is 350 g/mol. The van der Waals surface area contributed by atoms with E-state index >= 15 is 0 Å². The van der Waals surface area contributed by atoms with Gasteiger partial charge in [0.25, 0.3) is 0 Å². The first-order valence-electron chi connectivity index (χ1n) is 10.1. The monoisotopic (exact) mass is 349 g/mol. The molecular formula is C25H35N. The lowest BCUT2D eigenvalue weighted by Gasteiger charge is -2.31. The van der Waals surface area contributed by atoms with Crippen molar-refractivity contribution >= 4 is 0 Å². The van der Waals surface area contributed by atoms with Gasteiger partial charge >= 0.3 is 0 Å². The van der Waals surface area contributed by atoms with Crippen molar-refractivity contribution in [1.82, 2.24) is 4.90 Å². The van der Waals surface area contributed by atoms with E-state index in [-0.39, 0.29) is 0 Å². The van der Waals surface area contributed by atoms with E-state index in [0.717, 1.165) is 13.1 Å². The SMILES string of the molecule is CCC(C)/C=C/[C@H](CC(C)C)N(Cc1ccccc1)Cc1ccccc1. The molecule has 0 radical (unpaired) electrons. The van der Waals surface area contributed by atoms with Crippen LogP contribution in [0.1, 0.15) is 51.7 Å². The summed E-state index contributed by atoms with van der Waals surface area (Å²) in [4.78, 5) is 2.63. The Morgan fingerprint density at radius 2 is 1.27 bits per heavy atom. The highest BCUT2D eigenvalue weighted by Gasteiger charge is 2.18. The Bertz CT molecular complexity index is 588. The molecular weight excluding hydrogens is 314 g/mol. The summed E-state index contributed by atoms with van der Waals surface area (Å²) in [7, 11) is 0. The van der Waals surface area contributed by atoms with E-state index < -0.39 is 0 Å². The van der Waals surface area contributed by atoms with Gasteiger partial charge in [-0.2, -0.15) is 0 Å². The Labute approximate surface area is 160 Å². The van der Waals surface area contributed by atoms with Crippen molar-refractivity contribution in [1.29, 1.82) is 0 Å². The van der Waals surface area contributed by atoms with Crippen LogP contribution in [0.25, 0.3) is 0 Å². The standard InChI is InChI=1S/C25H35N/c1-5-22(4)16-17-25(18-21(2)3)26(19-23-12-8-6-9-13-23)20-24-14-10-7-11-15-24/h6-17,21-22,25H,5,18-20H2,1-4H3/b17-16+/t22?,25-/m1/s1. The van der Waals surface area contributed by atoms with E-state index in [1.165, 1.54) is 24.0 Å². The molecule has 2 aromatic rings. The highest BCUT2D eigenvalue weighted by atomic mass is 15.1. The van der Waals surface area contributed by atoms with Crippen molar-refractivity contribution in [2.75, 3.05) is 0 Å². The van der Waals surface area contributed by atoms with Gasteiger partial charge in [0.2, 0.25) is 0 Å². The first-order valence-corrected chi connectivity index (χ1v) is 10.1. The molecule has 2 aromatic carbocycles. The quantitative estimate of drug-likeness (QED) is 0.431. The number of nitrogens with zero attached hydrogens (tertiary/aromatic N) is 1. The van der Waals surface area contributed by atoms with Crippen molar-refractivity contribution in [3.05, 3.63) is 83.9 Å². The molecule has 0 fully saturated rings. The van der Waals surface area contributed by atoms with Crippen LogP contribution in [0.3, 0.4) is 0 Å². The Hall–Kier alpha value is -1.86. The van der Waals surface area contributed by atoms with Crippen molar-refractivity contribution in [3.8, 4) is 0 Å². The molecule has 0 aliphatic carbocycles. The molecule has 0 aliphatic heterocycles. The van der Waals surface area contributed by atoms with E-state index in [0.29, 0.717) is 17.9 Å². The molecule has 0 bridgehead atoms. The lowest BCUT2D eigenvalue weighted by atomic mass is 9.98. The van der Waals surface area contributed by atoms with Gasteiger partial charge < -0.3 is 0 Å². The predicted molar refractivity (Wildman–Crippen MR) is 114 cm³/mol. The Balaban J connectivity index is 2.25. The molecule has 0 aliphatic rings. The molecule has 0 aromatic heterocycles. The van der Waals surface area contributed by atoms with Crippen LogP contribution in [0.2, 0.25) is 0 Å². The van der Waals surface area contributed by atoms with Crippen molar-refractivity contribution in [2.24, 2.45) is 11.8 Å². The van der Waals surface area contributed by atoms with E-state index in [2.05, 4.69) is 105 Å². The molecule has 140 valence electrons. The summed E-state index contributed by atoms with van der Waals surface area (Å²) < 4.78 is 0. The second-order valence-electron chi connectivity index (χ2n) is 7.84. The van der Waals surface area contributed by atoms with Crippen LogP contribution in [0.15, 0.2) is 72.8 Å². The van der Waals surface area contributed by atoms with Gasteiger partial charge in [0.05, 0.1) is 0 Å². The zero-order valence-corrected chi connectivity index (χ0v) is 16.9. The number of benzene rings is 2. The van der Waals surface area contributed by atoms with E-state index in [9.17, 15) is 0 Å². The number of hydrogen-bond donors (Lipinski definition) is 0. The summed E-state index contributed by atoms with van der Waals surface area (Å²) in [5.41, 5.74) is 2.77. The normalized spacial score (nSPS) is 14.2. The summed E-state index contributed by atoms with van der Waals surface area (Å²) in [5, 5.41) is 0. The lowest BCUT2D eigenvalue weighted by molar-refractivity contribution is 0.189. The molecule has 2 atom stereocenters. The molecule has 0 amide bonds. The largest absolute Gasteiger partial charge is 0.288 e. The van der Waals surface area contributed by atoms with E-state index in [1.54, 1.807) is 0 Å². The molecule has 0 heterocycles. The third kappa shape index (κ3) is 7.17. The maximum atomic E-state index is 2.63. The fraction of sp³-hybridized carbons (Fsp3) is 0.440. The fourth-order valence-electron chi connectivity index (χ4n) is 3.21. The van der Waals surface area contributed by atoms with E-state index in [1.807, 2.05) is 0 Å². The lowest BCUT2D eigenvalue weighted by Crippen LogP contribution is -2.34. The zero-order chi connectivity index (χ0) is 18.8. The maximum Gasteiger partial charge on any atom is 0.0287 e.